The largest absolute Gasteiger partial charge is 0.294 e. The summed E-state index contributed by atoms with van der Waals surface area (Å²) in [7, 11) is 0. The maximum Gasteiger partial charge on any atom is 0.244 e. The fourth-order valence-corrected chi connectivity index (χ4v) is 2.65. The van der Waals surface area contributed by atoms with Gasteiger partial charge in [0, 0.05) is 5.41 Å². The average Bonchev–Trinajstić information content (AvgIpc) is 2.50. The van der Waals surface area contributed by atoms with E-state index >= 15 is 0 Å². The number of carbonyl (C=O) groups is 1. The normalized spacial score (nSPS) is 14.0. The number of benzene rings is 1. The van der Waals surface area contributed by atoms with Crippen LogP contribution < -0.4 is 11.3 Å². The molecule has 1 amide bonds. The molecule has 22 heavy (non-hydrogen) atoms. The van der Waals surface area contributed by atoms with Crippen molar-refractivity contribution in [3.63, 3.8) is 0 Å². The molecule has 0 radical (unpaired) electrons. The number of aryl methyl sites for hydroxylation is 1. The monoisotopic (exact) mass is 300 g/mol. The van der Waals surface area contributed by atoms with Crippen molar-refractivity contribution in [1.82, 2.24) is 5.43 Å². The van der Waals surface area contributed by atoms with Crippen molar-refractivity contribution < 1.29 is 4.79 Å². The second kappa shape index (κ2) is 7.47. The molecule has 3 N–H and O–H groups in total. The van der Waals surface area contributed by atoms with E-state index in [-0.39, 0.29) is 11.3 Å². The fourth-order valence-electron chi connectivity index (χ4n) is 2.65. The molecule has 0 saturated carbocycles. The van der Waals surface area contributed by atoms with Gasteiger partial charge in [0.25, 0.3) is 0 Å². The van der Waals surface area contributed by atoms with E-state index < -0.39 is 5.41 Å². The number of hydrogen-bond donors (Lipinski definition) is 2. The van der Waals surface area contributed by atoms with Gasteiger partial charge >= 0.3 is 0 Å². The van der Waals surface area contributed by atoms with Crippen LogP contribution in [0.5, 0.6) is 0 Å². The highest BCUT2D eigenvalue weighted by atomic mass is 16.2. The number of amides is 1. The quantitative estimate of drug-likeness (QED) is 0.266. The van der Waals surface area contributed by atoms with Gasteiger partial charge in [0.2, 0.25) is 5.91 Å². The van der Waals surface area contributed by atoms with Gasteiger partial charge in [-0.3, -0.25) is 10.2 Å². The summed E-state index contributed by atoms with van der Waals surface area (Å²) >= 11 is 0. The number of nitrogens with two attached hydrogens (primary N) is 1. The van der Waals surface area contributed by atoms with Crippen molar-refractivity contribution in [3.8, 4) is 12.3 Å². The summed E-state index contributed by atoms with van der Waals surface area (Å²) < 4.78 is 0. The highest BCUT2D eigenvalue weighted by Gasteiger charge is 2.34. The standard InChI is InChI=1S/C19H28N2O/c1-6-18(3,4)12-7-8-13-19(5,17(22)21-20)16-11-9-10-15(2)14-16/h1,9-11,14H,7-8,12-13,20H2,2-5H3,(H,21,22). The summed E-state index contributed by atoms with van der Waals surface area (Å²) in [5.74, 6) is 8.07. The predicted molar refractivity (Wildman–Crippen MR) is 91.9 cm³/mol. The third-order valence-corrected chi connectivity index (χ3v) is 4.41. The third-order valence-electron chi connectivity index (χ3n) is 4.41. The van der Waals surface area contributed by atoms with Crippen LogP contribution in [0.2, 0.25) is 0 Å². The second-order valence-corrected chi connectivity index (χ2v) is 6.91. The number of terminal acetylenes is 1. The number of rotatable bonds is 7. The van der Waals surface area contributed by atoms with Crippen LogP contribution in [0.25, 0.3) is 0 Å². The Morgan fingerprint density at radius 1 is 1.27 bits per heavy atom. The third kappa shape index (κ3) is 4.61. The number of nitrogens with one attached hydrogen (secondary N) is 1. The van der Waals surface area contributed by atoms with Gasteiger partial charge in [0.05, 0.1) is 5.41 Å². The zero-order valence-electron chi connectivity index (χ0n) is 14.2. The molecule has 0 aliphatic heterocycles. The minimum atomic E-state index is -0.610. The molecule has 0 heterocycles. The number of unbranched alkanes of at least 4 members (excludes halogenated alkanes) is 1. The number of carbonyl (C=O) groups excluding carboxylic acids is 1. The summed E-state index contributed by atoms with van der Waals surface area (Å²) in [4.78, 5) is 12.3. The molecule has 1 aromatic carbocycles. The molecule has 120 valence electrons. The van der Waals surface area contributed by atoms with Gasteiger partial charge in [-0.2, -0.15) is 0 Å². The summed E-state index contributed by atoms with van der Waals surface area (Å²) in [6, 6.07) is 8.06. The van der Waals surface area contributed by atoms with Gasteiger partial charge in [-0.05, 0) is 46.1 Å². The lowest BCUT2D eigenvalue weighted by molar-refractivity contribution is -0.126. The Kier molecular flexibility index (Phi) is 6.20. The molecule has 1 aromatic rings. The Balaban J connectivity index is 2.82. The molecule has 0 aliphatic carbocycles. The van der Waals surface area contributed by atoms with Crippen LogP contribution in [0.3, 0.4) is 0 Å². The van der Waals surface area contributed by atoms with E-state index in [9.17, 15) is 4.79 Å². The second-order valence-electron chi connectivity index (χ2n) is 6.91. The van der Waals surface area contributed by atoms with Gasteiger partial charge < -0.3 is 0 Å². The highest BCUT2D eigenvalue weighted by molar-refractivity contribution is 5.87. The van der Waals surface area contributed by atoms with Crippen LogP contribution in [-0.2, 0) is 10.2 Å². The van der Waals surface area contributed by atoms with Crippen LogP contribution in [0, 0.1) is 24.7 Å². The van der Waals surface area contributed by atoms with Crippen molar-refractivity contribution in [3.05, 3.63) is 35.4 Å². The summed E-state index contributed by atoms with van der Waals surface area (Å²) in [5.41, 5.74) is 3.77. The Bertz CT molecular complexity index is 557. The molecular weight excluding hydrogens is 272 g/mol. The van der Waals surface area contributed by atoms with Gasteiger partial charge in [-0.25, -0.2) is 5.84 Å². The molecule has 0 fully saturated rings. The van der Waals surface area contributed by atoms with E-state index in [1.54, 1.807) is 0 Å². The van der Waals surface area contributed by atoms with Gasteiger partial charge in [0.15, 0.2) is 0 Å². The zero-order valence-corrected chi connectivity index (χ0v) is 14.2. The van der Waals surface area contributed by atoms with Crippen LogP contribution in [-0.4, -0.2) is 5.91 Å². The van der Waals surface area contributed by atoms with Crippen LogP contribution in [0.4, 0.5) is 0 Å². The first-order valence-electron chi connectivity index (χ1n) is 7.81. The molecular formula is C19H28N2O. The molecule has 1 unspecified atom stereocenters. The lowest BCUT2D eigenvalue weighted by Crippen LogP contribution is -2.45. The minimum absolute atomic E-state index is 0.0874. The van der Waals surface area contributed by atoms with Crippen LogP contribution in [0.15, 0.2) is 24.3 Å². The smallest absolute Gasteiger partial charge is 0.244 e. The van der Waals surface area contributed by atoms with Crippen molar-refractivity contribution >= 4 is 5.91 Å². The van der Waals surface area contributed by atoms with Gasteiger partial charge in [-0.15, -0.1) is 12.3 Å². The van der Waals surface area contributed by atoms with E-state index in [2.05, 4.69) is 31.3 Å². The van der Waals surface area contributed by atoms with E-state index in [1.165, 1.54) is 0 Å². The lowest BCUT2D eigenvalue weighted by atomic mass is 9.76. The molecule has 0 spiro atoms. The van der Waals surface area contributed by atoms with E-state index in [1.807, 2.05) is 32.0 Å². The lowest BCUT2D eigenvalue weighted by Gasteiger charge is -2.29. The molecule has 3 heteroatoms. The fraction of sp³-hybridized carbons (Fsp3) is 0.526. The minimum Gasteiger partial charge on any atom is -0.294 e. The highest BCUT2D eigenvalue weighted by Crippen LogP contribution is 2.32. The maximum absolute atomic E-state index is 12.3. The van der Waals surface area contributed by atoms with Crippen LogP contribution in [0.1, 0.15) is 57.6 Å². The Morgan fingerprint density at radius 2 is 1.91 bits per heavy atom. The number of hydrazine groups is 1. The zero-order chi connectivity index (χ0) is 16.8. The molecule has 0 aliphatic rings. The first kappa shape index (κ1) is 18.3. The first-order chi connectivity index (χ1) is 10.2. The maximum atomic E-state index is 12.3. The van der Waals surface area contributed by atoms with E-state index in [4.69, 9.17) is 12.3 Å². The Labute approximate surface area is 134 Å². The van der Waals surface area contributed by atoms with Gasteiger partial charge in [0.1, 0.15) is 0 Å². The first-order valence-corrected chi connectivity index (χ1v) is 7.81. The molecule has 0 saturated heterocycles. The Morgan fingerprint density at radius 3 is 2.45 bits per heavy atom. The topological polar surface area (TPSA) is 55.1 Å². The summed E-state index contributed by atoms with van der Waals surface area (Å²) in [6.45, 7) is 8.12. The van der Waals surface area contributed by atoms with Crippen molar-refractivity contribution in [2.45, 2.75) is 58.8 Å². The van der Waals surface area contributed by atoms with Crippen molar-refractivity contribution in [2.24, 2.45) is 11.3 Å². The Hall–Kier alpha value is -1.79. The molecule has 0 bridgehead atoms. The summed E-state index contributed by atoms with van der Waals surface area (Å²) in [6.07, 6.45) is 9.16. The van der Waals surface area contributed by atoms with Crippen molar-refractivity contribution in [2.75, 3.05) is 0 Å². The number of hydrogen-bond acceptors (Lipinski definition) is 2. The molecule has 0 aromatic heterocycles. The SMILES string of the molecule is C#CC(C)(C)CCCCC(C)(C(=O)NN)c1cccc(C)c1. The average molecular weight is 300 g/mol. The van der Waals surface area contributed by atoms with Crippen molar-refractivity contribution in [1.29, 1.82) is 0 Å². The molecule has 1 rings (SSSR count). The predicted octanol–water partition coefficient (Wildman–Crippen LogP) is 3.46. The van der Waals surface area contributed by atoms with Gasteiger partial charge in [-0.1, -0.05) is 42.7 Å². The van der Waals surface area contributed by atoms with E-state index in [0.29, 0.717) is 0 Å². The summed E-state index contributed by atoms with van der Waals surface area (Å²) in [5, 5.41) is 0. The van der Waals surface area contributed by atoms with Crippen LogP contribution >= 0.6 is 0 Å². The van der Waals surface area contributed by atoms with E-state index in [0.717, 1.165) is 36.8 Å². The molecule has 1 atom stereocenters. The molecule has 3 nitrogen and oxygen atoms in total.